The van der Waals surface area contributed by atoms with E-state index in [0.29, 0.717) is 0 Å². The maximum absolute atomic E-state index is 9.81. The Bertz CT molecular complexity index is 108. The van der Waals surface area contributed by atoms with Crippen molar-refractivity contribution in [3.8, 4) is 0 Å². The number of carbonyl (C=O) groups is 1. The van der Waals surface area contributed by atoms with Gasteiger partial charge in [0.2, 0.25) is 0 Å². The van der Waals surface area contributed by atoms with Gasteiger partial charge in [0.15, 0.2) is 0 Å². The highest BCUT2D eigenvalue weighted by molar-refractivity contribution is 5.64. The van der Waals surface area contributed by atoms with Crippen LogP contribution in [0.1, 0.15) is 26.2 Å². The van der Waals surface area contributed by atoms with Crippen molar-refractivity contribution in [2.75, 3.05) is 13.2 Å². The van der Waals surface area contributed by atoms with Crippen LogP contribution in [0.3, 0.4) is 0 Å². The molecule has 0 saturated carbocycles. The van der Waals surface area contributed by atoms with E-state index in [9.17, 15) is 4.79 Å². The van der Waals surface area contributed by atoms with Crippen LogP contribution in [-0.4, -0.2) is 19.5 Å². The lowest BCUT2D eigenvalue weighted by Gasteiger charge is -1.98. The van der Waals surface area contributed by atoms with Gasteiger partial charge in [-0.2, -0.15) is 0 Å². The summed E-state index contributed by atoms with van der Waals surface area (Å²) < 4.78 is 5.25. The molecular weight excluding hydrogens is 140 g/mol. The van der Waals surface area contributed by atoms with E-state index in [1.165, 1.54) is 12.5 Å². The van der Waals surface area contributed by atoms with Crippen molar-refractivity contribution in [2.45, 2.75) is 26.2 Å². The topological polar surface area (TPSA) is 26.3 Å². The highest BCUT2D eigenvalue weighted by Gasteiger charge is 1.83. The quantitative estimate of drug-likeness (QED) is 0.320. The standard InChI is InChI=1S/C9H16O2/c1-2-3-8-11-9-6-4-5-7-10/h4-5,7H,2-3,6,8-9H2,1H3/b5-4+. The van der Waals surface area contributed by atoms with Crippen molar-refractivity contribution in [1.29, 1.82) is 0 Å². The molecule has 0 atom stereocenters. The van der Waals surface area contributed by atoms with E-state index in [1.54, 1.807) is 0 Å². The summed E-state index contributed by atoms with van der Waals surface area (Å²) in [4.78, 5) is 9.81. The largest absolute Gasteiger partial charge is 0.381 e. The van der Waals surface area contributed by atoms with Crippen LogP contribution >= 0.6 is 0 Å². The SMILES string of the molecule is CCCCOCC/C=C/C=O. The molecule has 0 aromatic carbocycles. The summed E-state index contributed by atoms with van der Waals surface area (Å²) in [5.74, 6) is 0. The van der Waals surface area contributed by atoms with Crippen molar-refractivity contribution in [3.05, 3.63) is 12.2 Å². The predicted molar refractivity (Wildman–Crippen MR) is 45.5 cm³/mol. The van der Waals surface area contributed by atoms with E-state index in [4.69, 9.17) is 4.74 Å². The monoisotopic (exact) mass is 156 g/mol. The molecule has 0 saturated heterocycles. The Hall–Kier alpha value is -0.630. The number of carbonyl (C=O) groups excluding carboxylic acids is 1. The first-order valence-corrected chi connectivity index (χ1v) is 4.10. The second-order valence-electron chi connectivity index (χ2n) is 2.32. The molecule has 0 aliphatic rings. The van der Waals surface area contributed by atoms with Gasteiger partial charge in [-0.25, -0.2) is 0 Å². The molecule has 0 N–H and O–H groups in total. The molecule has 2 nitrogen and oxygen atoms in total. The lowest BCUT2D eigenvalue weighted by atomic mass is 10.3. The maximum Gasteiger partial charge on any atom is 0.142 e. The Morgan fingerprint density at radius 2 is 2.18 bits per heavy atom. The van der Waals surface area contributed by atoms with Crippen molar-refractivity contribution in [1.82, 2.24) is 0 Å². The number of hydrogen-bond acceptors (Lipinski definition) is 2. The second-order valence-corrected chi connectivity index (χ2v) is 2.32. The van der Waals surface area contributed by atoms with Gasteiger partial charge >= 0.3 is 0 Å². The van der Waals surface area contributed by atoms with Crippen molar-refractivity contribution >= 4 is 6.29 Å². The third-order valence-electron chi connectivity index (χ3n) is 1.29. The van der Waals surface area contributed by atoms with Gasteiger partial charge in [0.05, 0.1) is 6.61 Å². The Morgan fingerprint density at radius 1 is 1.36 bits per heavy atom. The molecule has 0 spiro atoms. The third kappa shape index (κ3) is 9.37. The van der Waals surface area contributed by atoms with Gasteiger partial charge < -0.3 is 4.74 Å². The minimum atomic E-state index is 0.727. The normalized spacial score (nSPS) is 10.6. The van der Waals surface area contributed by atoms with Crippen LogP contribution in [-0.2, 0) is 9.53 Å². The van der Waals surface area contributed by atoms with Crippen LogP contribution in [0.25, 0.3) is 0 Å². The van der Waals surface area contributed by atoms with Gasteiger partial charge in [-0.3, -0.25) is 4.79 Å². The smallest absolute Gasteiger partial charge is 0.142 e. The molecule has 0 aromatic heterocycles. The number of ether oxygens (including phenoxy) is 1. The fourth-order valence-electron chi connectivity index (χ4n) is 0.652. The van der Waals surface area contributed by atoms with Crippen LogP contribution in [0, 0.1) is 0 Å². The maximum atomic E-state index is 9.81. The molecule has 11 heavy (non-hydrogen) atoms. The Labute approximate surface area is 68.2 Å². The van der Waals surface area contributed by atoms with Gasteiger partial charge in [0, 0.05) is 6.61 Å². The zero-order valence-electron chi connectivity index (χ0n) is 7.08. The Morgan fingerprint density at radius 3 is 2.82 bits per heavy atom. The van der Waals surface area contributed by atoms with Gasteiger partial charge in [-0.1, -0.05) is 19.4 Å². The molecular formula is C9H16O2. The predicted octanol–water partition coefficient (Wildman–Crippen LogP) is 1.95. The second kappa shape index (κ2) is 9.37. The number of hydrogen-bond donors (Lipinski definition) is 0. The lowest BCUT2D eigenvalue weighted by Crippen LogP contribution is -1.94. The first kappa shape index (κ1) is 10.4. The van der Waals surface area contributed by atoms with Crippen LogP contribution in [0.15, 0.2) is 12.2 Å². The molecule has 0 bridgehead atoms. The van der Waals surface area contributed by atoms with Gasteiger partial charge in [0.1, 0.15) is 6.29 Å². The van der Waals surface area contributed by atoms with E-state index in [1.807, 2.05) is 6.08 Å². The molecule has 0 aromatic rings. The fourth-order valence-corrected chi connectivity index (χ4v) is 0.652. The van der Waals surface area contributed by atoms with Crippen molar-refractivity contribution in [2.24, 2.45) is 0 Å². The Kier molecular flexibility index (Phi) is 8.83. The Balaban J connectivity index is 2.90. The number of aldehydes is 1. The first-order valence-electron chi connectivity index (χ1n) is 4.10. The van der Waals surface area contributed by atoms with E-state index in [2.05, 4.69) is 6.92 Å². The zero-order valence-corrected chi connectivity index (χ0v) is 7.08. The van der Waals surface area contributed by atoms with E-state index >= 15 is 0 Å². The molecule has 64 valence electrons. The lowest BCUT2D eigenvalue weighted by molar-refractivity contribution is -0.104. The van der Waals surface area contributed by atoms with Crippen LogP contribution < -0.4 is 0 Å². The minimum Gasteiger partial charge on any atom is -0.381 e. The third-order valence-corrected chi connectivity index (χ3v) is 1.29. The minimum absolute atomic E-state index is 0.727. The van der Waals surface area contributed by atoms with Crippen LogP contribution in [0.4, 0.5) is 0 Å². The van der Waals surface area contributed by atoms with E-state index in [0.717, 1.165) is 32.3 Å². The van der Waals surface area contributed by atoms with Gasteiger partial charge in [-0.05, 0) is 18.9 Å². The van der Waals surface area contributed by atoms with E-state index in [-0.39, 0.29) is 0 Å². The van der Waals surface area contributed by atoms with Crippen LogP contribution in [0.2, 0.25) is 0 Å². The molecule has 0 unspecified atom stereocenters. The molecule has 0 aliphatic carbocycles. The first-order chi connectivity index (χ1) is 5.41. The summed E-state index contributed by atoms with van der Waals surface area (Å²) in [6, 6.07) is 0. The highest BCUT2D eigenvalue weighted by Crippen LogP contribution is 1.89. The van der Waals surface area contributed by atoms with Crippen LogP contribution in [0.5, 0.6) is 0 Å². The molecule has 0 aliphatic heterocycles. The summed E-state index contributed by atoms with van der Waals surface area (Å²) >= 11 is 0. The van der Waals surface area contributed by atoms with Gasteiger partial charge in [0.25, 0.3) is 0 Å². The summed E-state index contributed by atoms with van der Waals surface area (Å²) in [5, 5.41) is 0. The highest BCUT2D eigenvalue weighted by atomic mass is 16.5. The molecule has 0 amide bonds. The number of allylic oxidation sites excluding steroid dienone is 1. The molecule has 0 heterocycles. The summed E-state index contributed by atoms with van der Waals surface area (Å²) in [5.41, 5.74) is 0. The average Bonchev–Trinajstić information content (AvgIpc) is 2.03. The fraction of sp³-hybridized carbons (Fsp3) is 0.667. The van der Waals surface area contributed by atoms with Crippen molar-refractivity contribution < 1.29 is 9.53 Å². The zero-order chi connectivity index (χ0) is 8.36. The molecule has 0 fully saturated rings. The molecule has 2 heteroatoms. The number of unbranched alkanes of at least 4 members (excludes halogenated alkanes) is 1. The number of rotatable bonds is 7. The summed E-state index contributed by atoms with van der Waals surface area (Å²) in [6.07, 6.45) is 7.23. The summed E-state index contributed by atoms with van der Waals surface area (Å²) in [7, 11) is 0. The van der Waals surface area contributed by atoms with E-state index < -0.39 is 0 Å². The van der Waals surface area contributed by atoms with Crippen molar-refractivity contribution in [3.63, 3.8) is 0 Å². The summed E-state index contributed by atoms with van der Waals surface area (Å²) in [6.45, 7) is 3.70. The van der Waals surface area contributed by atoms with Gasteiger partial charge in [-0.15, -0.1) is 0 Å². The molecule has 0 rings (SSSR count). The molecule has 0 radical (unpaired) electrons. The average molecular weight is 156 g/mol.